The number of hydrogen-bond donors (Lipinski definition) is 1. The number of amides is 1. The van der Waals surface area contributed by atoms with Crippen LogP contribution in [0, 0.1) is 24.0 Å². The Balaban J connectivity index is 1.93. The zero-order valence-corrected chi connectivity index (χ0v) is 13.9. The molecule has 1 N–H and O–H groups in total. The average Bonchev–Trinajstić information content (AvgIpc) is 2.51. The number of nitro benzene ring substituents is 1. The fraction of sp³-hybridized carbons (Fsp3) is 0.235. The second-order valence-corrected chi connectivity index (χ2v) is 6.23. The highest BCUT2D eigenvalue weighted by Gasteiger charge is 2.15. The van der Waals surface area contributed by atoms with Crippen molar-refractivity contribution in [1.82, 2.24) is 0 Å². The van der Waals surface area contributed by atoms with Gasteiger partial charge in [-0.1, -0.05) is 30.3 Å². The number of aryl methyl sites for hydroxylation is 2. The first-order valence-electron chi connectivity index (χ1n) is 7.14. The highest BCUT2D eigenvalue weighted by Crippen LogP contribution is 2.25. The number of nitrogens with one attached hydrogen (secondary N) is 1. The molecule has 0 saturated carbocycles. The van der Waals surface area contributed by atoms with Crippen molar-refractivity contribution >= 4 is 29.0 Å². The topological polar surface area (TPSA) is 72.2 Å². The predicted octanol–water partition coefficient (Wildman–Crippen LogP) is 4.08. The summed E-state index contributed by atoms with van der Waals surface area (Å²) in [6.07, 6.45) is 0. The quantitative estimate of drug-likeness (QED) is 0.640. The van der Waals surface area contributed by atoms with E-state index in [-0.39, 0.29) is 23.0 Å². The zero-order valence-electron chi connectivity index (χ0n) is 13.0. The fourth-order valence-electron chi connectivity index (χ4n) is 2.11. The lowest BCUT2D eigenvalue weighted by Crippen LogP contribution is -2.15. The maximum absolute atomic E-state index is 12.0. The monoisotopic (exact) mass is 330 g/mol. The van der Waals surface area contributed by atoms with Gasteiger partial charge >= 0.3 is 0 Å². The molecule has 0 aliphatic carbocycles. The SMILES string of the molecule is Cc1ccc(NC(=O)CSCc2ccccc2C)c([N+](=O)[O-])c1. The molecule has 5 nitrogen and oxygen atoms in total. The third-order valence-corrected chi connectivity index (χ3v) is 4.36. The van der Waals surface area contributed by atoms with E-state index in [0.717, 1.165) is 11.3 Å². The Morgan fingerprint density at radius 2 is 1.96 bits per heavy atom. The van der Waals surface area contributed by atoms with Crippen LogP contribution in [0.1, 0.15) is 16.7 Å². The summed E-state index contributed by atoms with van der Waals surface area (Å²) in [4.78, 5) is 22.6. The van der Waals surface area contributed by atoms with Crippen LogP contribution in [0.3, 0.4) is 0 Å². The van der Waals surface area contributed by atoms with Gasteiger partial charge in [-0.25, -0.2) is 0 Å². The number of anilines is 1. The molecule has 120 valence electrons. The van der Waals surface area contributed by atoms with Crippen LogP contribution in [0.5, 0.6) is 0 Å². The highest BCUT2D eigenvalue weighted by atomic mass is 32.2. The van der Waals surface area contributed by atoms with Gasteiger partial charge in [0.15, 0.2) is 0 Å². The van der Waals surface area contributed by atoms with E-state index in [1.165, 1.54) is 29.0 Å². The Morgan fingerprint density at radius 1 is 1.22 bits per heavy atom. The third kappa shape index (κ3) is 4.82. The van der Waals surface area contributed by atoms with Crippen LogP contribution in [0.2, 0.25) is 0 Å². The van der Waals surface area contributed by atoms with E-state index in [1.807, 2.05) is 31.2 Å². The van der Waals surface area contributed by atoms with Gasteiger partial charge in [0.25, 0.3) is 5.69 Å². The first-order chi connectivity index (χ1) is 11.0. The maximum Gasteiger partial charge on any atom is 0.293 e. The Bertz CT molecular complexity index is 732. The first-order valence-corrected chi connectivity index (χ1v) is 8.30. The molecule has 0 spiro atoms. The normalized spacial score (nSPS) is 10.3. The molecule has 0 unspecified atom stereocenters. The molecule has 6 heteroatoms. The standard InChI is InChI=1S/C17H18N2O3S/c1-12-7-8-15(16(9-12)19(21)22)18-17(20)11-23-10-14-6-4-3-5-13(14)2/h3-9H,10-11H2,1-2H3,(H,18,20). The number of nitro groups is 1. The number of thioether (sulfide) groups is 1. The smallest absolute Gasteiger partial charge is 0.293 e. The minimum atomic E-state index is -0.483. The lowest BCUT2D eigenvalue weighted by Gasteiger charge is -2.08. The summed E-state index contributed by atoms with van der Waals surface area (Å²) < 4.78 is 0. The van der Waals surface area contributed by atoms with Gasteiger partial charge < -0.3 is 5.32 Å². The molecule has 0 aliphatic rings. The molecule has 23 heavy (non-hydrogen) atoms. The van der Waals surface area contributed by atoms with Crippen LogP contribution in [0.4, 0.5) is 11.4 Å². The van der Waals surface area contributed by atoms with Gasteiger partial charge in [0, 0.05) is 11.8 Å². The Morgan fingerprint density at radius 3 is 2.65 bits per heavy atom. The van der Waals surface area contributed by atoms with Crippen LogP contribution < -0.4 is 5.32 Å². The molecule has 2 rings (SSSR count). The summed E-state index contributed by atoms with van der Waals surface area (Å²) in [6.45, 7) is 3.81. The zero-order chi connectivity index (χ0) is 16.8. The number of benzene rings is 2. The maximum atomic E-state index is 12.0. The van der Waals surface area contributed by atoms with Crippen molar-refractivity contribution in [2.75, 3.05) is 11.1 Å². The van der Waals surface area contributed by atoms with Crippen LogP contribution in [-0.2, 0) is 10.5 Å². The molecule has 0 fully saturated rings. The van der Waals surface area contributed by atoms with E-state index in [1.54, 1.807) is 19.1 Å². The Hall–Kier alpha value is -2.34. The van der Waals surface area contributed by atoms with Crippen LogP contribution >= 0.6 is 11.8 Å². The van der Waals surface area contributed by atoms with Crippen LogP contribution in [0.15, 0.2) is 42.5 Å². The van der Waals surface area contributed by atoms with Crippen molar-refractivity contribution < 1.29 is 9.72 Å². The van der Waals surface area contributed by atoms with E-state index in [9.17, 15) is 14.9 Å². The van der Waals surface area contributed by atoms with E-state index in [2.05, 4.69) is 5.32 Å². The van der Waals surface area contributed by atoms with Gasteiger partial charge in [-0.2, -0.15) is 0 Å². The largest absolute Gasteiger partial charge is 0.320 e. The third-order valence-electron chi connectivity index (χ3n) is 3.38. The predicted molar refractivity (Wildman–Crippen MR) is 93.8 cm³/mol. The lowest BCUT2D eigenvalue weighted by atomic mass is 10.1. The van der Waals surface area contributed by atoms with Crippen molar-refractivity contribution in [2.24, 2.45) is 0 Å². The molecular formula is C17H18N2O3S. The van der Waals surface area contributed by atoms with Gasteiger partial charge in [-0.3, -0.25) is 14.9 Å². The Labute approximate surface area is 139 Å². The molecule has 0 aliphatic heterocycles. The second-order valence-electron chi connectivity index (χ2n) is 5.25. The first kappa shape index (κ1) is 17.0. The number of hydrogen-bond acceptors (Lipinski definition) is 4. The summed E-state index contributed by atoms with van der Waals surface area (Å²) in [5.41, 5.74) is 3.31. The van der Waals surface area contributed by atoms with E-state index >= 15 is 0 Å². The molecule has 2 aromatic carbocycles. The minimum Gasteiger partial charge on any atom is -0.320 e. The molecule has 0 radical (unpaired) electrons. The van der Waals surface area contributed by atoms with Crippen molar-refractivity contribution in [3.8, 4) is 0 Å². The molecule has 0 atom stereocenters. The molecule has 0 saturated heterocycles. The van der Waals surface area contributed by atoms with Crippen LogP contribution in [-0.4, -0.2) is 16.6 Å². The lowest BCUT2D eigenvalue weighted by molar-refractivity contribution is -0.384. The second kappa shape index (κ2) is 7.78. The van der Waals surface area contributed by atoms with Crippen molar-refractivity contribution in [3.63, 3.8) is 0 Å². The van der Waals surface area contributed by atoms with Gasteiger partial charge in [0.05, 0.1) is 10.7 Å². The minimum absolute atomic E-state index is 0.0812. The summed E-state index contributed by atoms with van der Waals surface area (Å²) in [5, 5.41) is 13.7. The number of carbonyl (C=O) groups excluding carboxylic acids is 1. The molecule has 0 aromatic heterocycles. The molecule has 0 heterocycles. The molecule has 0 bridgehead atoms. The molecule has 2 aromatic rings. The summed E-state index contributed by atoms with van der Waals surface area (Å²) in [6, 6.07) is 12.8. The van der Waals surface area contributed by atoms with Crippen LogP contribution in [0.25, 0.3) is 0 Å². The van der Waals surface area contributed by atoms with E-state index in [4.69, 9.17) is 0 Å². The van der Waals surface area contributed by atoms with Crippen molar-refractivity contribution in [2.45, 2.75) is 19.6 Å². The summed E-state index contributed by atoms with van der Waals surface area (Å²) in [5.74, 6) is 0.741. The average molecular weight is 330 g/mol. The van der Waals surface area contributed by atoms with Gasteiger partial charge in [0.2, 0.25) is 5.91 Å². The molecular weight excluding hydrogens is 312 g/mol. The van der Waals surface area contributed by atoms with Gasteiger partial charge in [-0.05, 0) is 36.6 Å². The van der Waals surface area contributed by atoms with Gasteiger partial charge in [0.1, 0.15) is 5.69 Å². The summed E-state index contributed by atoms with van der Waals surface area (Å²) >= 11 is 1.48. The number of rotatable bonds is 6. The molecule has 1 amide bonds. The highest BCUT2D eigenvalue weighted by molar-refractivity contribution is 7.99. The van der Waals surface area contributed by atoms with E-state index in [0.29, 0.717) is 0 Å². The fourth-order valence-corrected chi connectivity index (χ4v) is 3.01. The van der Waals surface area contributed by atoms with Crippen molar-refractivity contribution in [1.29, 1.82) is 0 Å². The number of nitrogens with zero attached hydrogens (tertiary/aromatic N) is 1. The van der Waals surface area contributed by atoms with Gasteiger partial charge in [-0.15, -0.1) is 11.8 Å². The van der Waals surface area contributed by atoms with E-state index < -0.39 is 4.92 Å². The Kier molecular flexibility index (Phi) is 5.76. The summed E-state index contributed by atoms with van der Waals surface area (Å²) in [7, 11) is 0. The number of carbonyl (C=O) groups is 1. The van der Waals surface area contributed by atoms with Crippen molar-refractivity contribution in [3.05, 3.63) is 69.3 Å².